The first-order valence-electron chi connectivity index (χ1n) is 15.2. The van der Waals surface area contributed by atoms with Crippen LogP contribution in [0.5, 0.6) is 0 Å². The van der Waals surface area contributed by atoms with E-state index in [1.807, 2.05) is 50.2 Å². The van der Waals surface area contributed by atoms with Crippen LogP contribution in [0.4, 0.5) is 11.4 Å². The van der Waals surface area contributed by atoms with E-state index < -0.39 is 19.7 Å². The van der Waals surface area contributed by atoms with Crippen LogP contribution in [0.1, 0.15) is 43.2 Å². The number of nitrogens with one attached hydrogen (secondary N) is 4. The summed E-state index contributed by atoms with van der Waals surface area (Å²) in [7, 11) is -6.08. The number of amides is 2. The van der Waals surface area contributed by atoms with E-state index in [2.05, 4.69) is 31.2 Å². The fourth-order valence-electron chi connectivity index (χ4n) is 4.81. The van der Waals surface area contributed by atoms with Gasteiger partial charge in [0.1, 0.15) is 31.1 Å². The average Bonchev–Trinajstić information content (AvgIpc) is 3.03. The molecule has 4 rings (SSSR count). The Labute approximate surface area is 281 Å². The van der Waals surface area contributed by atoms with Crippen molar-refractivity contribution in [1.29, 1.82) is 0 Å². The van der Waals surface area contributed by atoms with Crippen molar-refractivity contribution in [3.8, 4) is 11.1 Å². The highest BCUT2D eigenvalue weighted by Crippen LogP contribution is 2.34. The number of nitrogens with zero attached hydrogens (tertiary/aromatic N) is 2. The second kappa shape index (κ2) is 16.1. The van der Waals surface area contributed by atoms with Crippen LogP contribution in [-0.4, -0.2) is 75.7 Å². The van der Waals surface area contributed by atoms with Crippen LogP contribution in [0.25, 0.3) is 11.1 Å². The Kier molecular flexibility index (Phi) is 12.2. The van der Waals surface area contributed by atoms with Crippen molar-refractivity contribution in [2.24, 2.45) is 0 Å². The third-order valence-electron chi connectivity index (χ3n) is 7.53. The molecule has 14 heteroatoms. The van der Waals surface area contributed by atoms with E-state index in [-0.39, 0.29) is 34.7 Å². The molecule has 0 aliphatic carbocycles. The van der Waals surface area contributed by atoms with Gasteiger partial charge in [-0.15, -0.1) is 0 Å². The largest absolute Gasteiger partial charge is 0.320 e. The first-order chi connectivity index (χ1) is 22.7. The summed E-state index contributed by atoms with van der Waals surface area (Å²) in [6, 6.07) is 18.0. The Morgan fingerprint density at radius 2 is 1.00 bits per heavy atom. The molecule has 12 nitrogen and oxygen atoms in total. The summed E-state index contributed by atoms with van der Waals surface area (Å²) in [6.07, 6.45) is 5.55. The summed E-state index contributed by atoms with van der Waals surface area (Å²) in [5.41, 5.74) is 6.82. The van der Waals surface area contributed by atoms with Gasteiger partial charge in [-0.1, -0.05) is 36.4 Å². The van der Waals surface area contributed by atoms with Gasteiger partial charge in [-0.25, -0.2) is 16.8 Å². The van der Waals surface area contributed by atoms with Gasteiger partial charge < -0.3 is 21.3 Å². The summed E-state index contributed by atoms with van der Waals surface area (Å²) in [5, 5.41) is 12.0. The van der Waals surface area contributed by atoms with Crippen molar-refractivity contribution in [2.45, 2.75) is 26.9 Å². The summed E-state index contributed by atoms with van der Waals surface area (Å²) < 4.78 is 45.1. The number of carbonyl (C=O) groups is 2. The second-order valence-corrected chi connectivity index (χ2v) is 16.1. The molecule has 0 saturated heterocycles. The van der Waals surface area contributed by atoms with Gasteiger partial charge in [-0.3, -0.25) is 19.6 Å². The lowest BCUT2D eigenvalue weighted by atomic mass is 9.94. The topological polar surface area (TPSA) is 176 Å². The van der Waals surface area contributed by atoms with Gasteiger partial charge in [-0.2, -0.15) is 0 Å². The fraction of sp³-hybridized carbons (Fsp3) is 0.294. The van der Waals surface area contributed by atoms with Crippen LogP contribution in [0.15, 0.2) is 73.1 Å². The SMILES string of the molecule is Cc1c(NC(=O)c2ccc(CNCCS(C)(=O)=O)cn2)cccc1-c1cccc(NC(=O)c2ccc(CNCCS(C)(=O)=O)cn2)c1C. The smallest absolute Gasteiger partial charge is 0.274 e. The zero-order chi connectivity index (χ0) is 34.9. The molecule has 2 aromatic heterocycles. The van der Waals surface area contributed by atoms with Crippen molar-refractivity contribution in [2.75, 3.05) is 47.7 Å². The van der Waals surface area contributed by atoms with Crippen LogP contribution in [-0.2, 0) is 32.8 Å². The maximum Gasteiger partial charge on any atom is 0.274 e. The number of sulfone groups is 2. The van der Waals surface area contributed by atoms with Gasteiger partial charge in [0, 0.05) is 62.5 Å². The van der Waals surface area contributed by atoms with Gasteiger partial charge in [0.25, 0.3) is 11.8 Å². The summed E-state index contributed by atoms with van der Waals surface area (Å²) in [4.78, 5) is 34.7. The lowest BCUT2D eigenvalue weighted by molar-refractivity contribution is 0.101. The molecule has 0 unspecified atom stereocenters. The van der Waals surface area contributed by atoms with E-state index in [9.17, 15) is 26.4 Å². The molecular formula is C34H40N6O6S2. The number of rotatable bonds is 15. The van der Waals surface area contributed by atoms with Gasteiger partial charge in [0.2, 0.25) is 0 Å². The molecule has 2 amide bonds. The zero-order valence-electron chi connectivity index (χ0n) is 27.3. The maximum atomic E-state index is 13.1. The predicted octanol–water partition coefficient (Wildman–Crippen LogP) is 3.53. The lowest BCUT2D eigenvalue weighted by Gasteiger charge is -2.17. The molecule has 0 fully saturated rings. The van der Waals surface area contributed by atoms with Crippen LogP contribution in [0.2, 0.25) is 0 Å². The Hall–Kier alpha value is -4.50. The zero-order valence-corrected chi connectivity index (χ0v) is 29.0. The number of pyridine rings is 2. The van der Waals surface area contributed by atoms with E-state index in [1.165, 1.54) is 12.5 Å². The van der Waals surface area contributed by atoms with Crippen molar-refractivity contribution < 1.29 is 26.4 Å². The average molecular weight is 693 g/mol. The minimum atomic E-state index is -3.04. The summed E-state index contributed by atoms with van der Waals surface area (Å²) in [5.74, 6) is -0.648. The summed E-state index contributed by atoms with van der Waals surface area (Å²) in [6.45, 7) is 5.34. The van der Waals surface area contributed by atoms with Crippen LogP contribution in [0, 0.1) is 13.8 Å². The molecule has 0 saturated carbocycles. The monoisotopic (exact) mass is 692 g/mol. The molecule has 254 valence electrons. The Morgan fingerprint density at radius 3 is 1.33 bits per heavy atom. The van der Waals surface area contributed by atoms with Crippen LogP contribution >= 0.6 is 0 Å². The van der Waals surface area contributed by atoms with Crippen LogP contribution in [0.3, 0.4) is 0 Å². The van der Waals surface area contributed by atoms with Crippen molar-refractivity contribution >= 4 is 42.9 Å². The molecular weight excluding hydrogens is 653 g/mol. The standard InChI is InChI=1S/C34H40N6O6S2/c1-23-27(7-5-9-29(23)39-33(41)31-13-11-25(21-37-31)19-35-15-17-47(3,43)44)28-8-6-10-30(24(28)2)40-34(42)32-14-12-26(22-38-32)20-36-16-18-48(4,45)46/h5-14,21-22,35-36H,15-20H2,1-4H3,(H,39,41)(H,40,42). The molecule has 0 spiro atoms. The molecule has 0 radical (unpaired) electrons. The first kappa shape index (κ1) is 36.3. The molecule has 0 bridgehead atoms. The van der Waals surface area contributed by atoms with E-state index in [0.29, 0.717) is 37.6 Å². The Bertz CT molecular complexity index is 1840. The summed E-state index contributed by atoms with van der Waals surface area (Å²) >= 11 is 0. The van der Waals surface area contributed by atoms with Gasteiger partial charge >= 0.3 is 0 Å². The molecule has 4 N–H and O–H groups in total. The quantitative estimate of drug-likeness (QED) is 0.135. The highest BCUT2D eigenvalue weighted by atomic mass is 32.2. The van der Waals surface area contributed by atoms with E-state index in [4.69, 9.17) is 0 Å². The minimum absolute atomic E-state index is 0.0436. The number of anilines is 2. The highest BCUT2D eigenvalue weighted by Gasteiger charge is 2.16. The normalized spacial score (nSPS) is 11.7. The number of aromatic nitrogens is 2. The lowest BCUT2D eigenvalue weighted by Crippen LogP contribution is -2.22. The first-order valence-corrected chi connectivity index (χ1v) is 19.3. The van der Waals surface area contributed by atoms with E-state index >= 15 is 0 Å². The van der Waals surface area contributed by atoms with E-state index in [0.717, 1.165) is 33.4 Å². The van der Waals surface area contributed by atoms with Gasteiger partial charge in [0.05, 0.1) is 11.5 Å². The maximum absolute atomic E-state index is 13.1. The third kappa shape index (κ3) is 10.8. The Balaban J connectivity index is 1.40. The molecule has 48 heavy (non-hydrogen) atoms. The second-order valence-electron chi connectivity index (χ2n) is 11.6. The van der Waals surface area contributed by atoms with Crippen LogP contribution < -0.4 is 21.3 Å². The van der Waals surface area contributed by atoms with Gasteiger partial charge in [0.15, 0.2) is 0 Å². The molecule has 0 aliphatic heterocycles. The molecule has 2 heterocycles. The molecule has 2 aromatic carbocycles. The molecule has 4 aromatic rings. The molecule has 0 atom stereocenters. The Morgan fingerprint density at radius 1 is 0.604 bits per heavy atom. The number of carbonyl (C=O) groups excluding carboxylic acids is 2. The minimum Gasteiger partial charge on any atom is -0.320 e. The van der Waals surface area contributed by atoms with Crippen molar-refractivity contribution in [1.82, 2.24) is 20.6 Å². The van der Waals surface area contributed by atoms with Gasteiger partial charge in [-0.05, 0) is 71.5 Å². The van der Waals surface area contributed by atoms with Crippen molar-refractivity contribution in [3.63, 3.8) is 0 Å². The number of hydrogen-bond donors (Lipinski definition) is 4. The third-order valence-corrected chi connectivity index (χ3v) is 9.42. The number of benzene rings is 2. The number of hydrogen-bond acceptors (Lipinski definition) is 10. The predicted molar refractivity (Wildman–Crippen MR) is 189 cm³/mol. The highest BCUT2D eigenvalue weighted by molar-refractivity contribution is 7.90. The van der Waals surface area contributed by atoms with E-state index in [1.54, 1.807) is 36.7 Å². The fourth-order valence-corrected chi connectivity index (χ4v) is 5.84. The molecule has 0 aliphatic rings. The van der Waals surface area contributed by atoms with Crippen molar-refractivity contribution in [3.05, 3.63) is 107 Å².